The number of pyridine rings is 1. The molecule has 0 aliphatic rings. The van der Waals surface area contributed by atoms with Gasteiger partial charge in [-0.3, -0.25) is 9.78 Å². The number of ether oxygens (including phenoxy) is 2. The van der Waals surface area contributed by atoms with E-state index in [4.69, 9.17) is 16.3 Å². The molecule has 1 aromatic carbocycles. The summed E-state index contributed by atoms with van der Waals surface area (Å²) in [6.45, 7) is -0.477. The third-order valence-electron chi connectivity index (χ3n) is 3.60. The molecule has 0 unspecified atom stereocenters. The molecule has 12 heteroatoms. The van der Waals surface area contributed by atoms with Crippen LogP contribution < -0.4 is 14.8 Å². The van der Waals surface area contributed by atoms with Crippen LogP contribution in [0.5, 0.6) is 11.5 Å². The van der Waals surface area contributed by atoms with Gasteiger partial charge in [-0.15, -0.1) is 0 Å². The molecule has 0 aliphatic heterocycles. The third-order valence-corrected chi connectivity index (χ3v) is 3.93. The molecule has 0 spiro atoms. The van der Waals surface area contributed by atoms with Crippen LogP contribution in [0.15, 0.2) is 36.5 Å². The van der Waals surface area contributed by atoms with E-state index >= 15 is 0 Å². The molecule has 1 N–H and O–H groups in total. The Hall–Kier alpha value is -2.69. The lowest BCUT2D eigenvalue weighted by atomic mass is 10.2. The average Bonchev–Trinajstić information content (AvgIpc) is 2.64. The standard InChI is InChI=1S/C18H15ClF6N2O3/c1-10(15-5-3-12(7-26-15)30-9-17(20,21)22)27-16(28)8-29-11-2-4-14(19)13(6-11)18(23,24)25/h2-7,10H,8-9H2,1H3,(H,27,28)/t10-/m1/s1. The first kappa shape index (κ1) is 23.6. The van der Waals surface area contributed by atoms with Crippen LogP contribution in [0.3, 0.4) is 0 Å². The number of rotatable bonds is 7. The average molecular weight is 457 g/mol. The predicted molar refractivity (Wildman–Crippen MR) is 94.3 cm³/mol. The number of amides is 1. The van der Waals surface area contributed by atoms with Crippen LogP contribution in [-0.4, -0.2) is 30.3 Å². The van der Waals surface area contributed by atoms with Crippen LogP contribution in [0.2, 0.25) is 5.02 Å². The lowest BCUT2D eigenvalue weighted by Crippen LogP contribution is -2.31. The first-order valence-electron chi connectivity index (χ1n) is 8.29. The number of carbonyl (C=O) groups is 1. The fourth-order valence-corrected chi connectivity index (χ4v) is 2.44. The SMILES string of the molecule is C[C@@H](NC(=O)COc1ccc(Cl)c(C(F)(F)F)c1)c1ccc(OCC(F)(F)F)cn1. The lowest BCUT2D eigenvalue weighted by Gasteiger charge is -2.15. The molecular formula is C18H15ClF6N2O3. The van der Waals surface area contributed by atoms with Gasteiger partial charge in [0.05, 0.1) is 28.5 Å². The molecule has 0 bridgehead atoms. The second-order valence-corrected chi connectivity index (χ2v) is 6.45. The summed E-state index contributed by atoms with van der Waals surface area (Å²) in [5, 5.41) is 2.00. The van der Waals surface area contributed by atoms with Gasteiger partial charge in [0.25, 0.3) is 5.91 Å². The zero-order valence-corrected chi connectivity index (χ0v) is 16.0. The van der Waals surface area contributed by atoms with Gasteiger partial charge in [-0.2, -0.15) is 26.3 Å². The van der Waals surface area contributed by atoms with E-state index in [1.807, 2.05) is 0 Å². The Balaban J connectivity index is 1.89. The number of halogens is 7. The predicted octanol–water partition coefficient (Wildman–Crippen LogP) is 4.95. The van der Waals surface area contributed by atoms with Crippen LogP contribution >= 0.6 is 11.6 Å². The van der Waals surface area contributed by atoms with E-state index in [9.17, 15) is 31.1 Å². The zero-order valence-electron chi connectivity index (χ0n) is 15.3. The monoisotopic (exact) mass is 456 g/mol. The quantitative estimate of drug-likeness (QED) is 0.599. The minimum absolute atomic E-state index is 0.0962. The van der Waals surface area contributed by atoms with Gasteiger partial charge in [-0.25, -0.2) is 0 Å². The van der Waals surface area contributed by atoms with Crippen molar-refractivity contribution in [3.05, 3.63) is 52.8 Å². The summed E-state index contributed by atoms with van der Waals surface area (Å²) < 4.78 is 84.4. The molecule has 2 aromatic rings. The smallest absolute Gasteiger partial charge is 0.422 e. The molecule has 0 saturated carbocycles. The second kappa shape index (κ2) is 9.41. The van der Waals surface area contributed by atoms with Gasteiger partial charge in [0, 0.05) is 0 Å². The molecule has 1 amide bonds. The maximum atomic E-state index is 12.8. The van der Waals surface area contributed by atoms with Crippen molar-refractivity contribution < 1.29 is 40.6 Å². The van der Waals surface area contributed by atoms with E-state index in [1.54, 1.807) is 6.92 Å². The highest BCUT2D eigenvalue weighted by atomic mass is 35.5. The van der Waals surface area contributed by atoms with Gasteiger partial charge in [0.2, 0.25) is 0 Å². The van der Waals surface area contributed by atoms with Crippen molar-refractivity contribution in [1.82, 2.24) is 10.3 Å². The van der Waals surface area contributed by atoms with Crippen LogP contribution in [0.1, 0.15) is 24.2 Å². The number of hydrogen-bond acceptors (Lipinski definition) is 4. The molecule has 2 rings (SSSR count). The fourth-order valence-electron chi connectivity index (χ4n) is 2.22. The van der Waals surface area contributed by atoms with Crippen molar-refractivity contribution in [3.63, 3.8) is 0 Å². The first-order valence-corrected chi connectivity index (χ1v) is 8.67. The van der Waals surface area contributed by atoms with Gasteiger partial charge in [0.15, 0.2) is 13.2 Å². The van der Waals surface area contributed by atoms with E-state index < -0.39 is 48.1 Å². The molecule has 5 nitrogen and oxygen atoms in total. The highest BCUT2D eigenvalue weighted by Crippen LogP contribution is 2.36. The van der Waals surface area contributed by atoms with E-state index in [0.29, 0.717) is 11.8 Å². The Bertz CT molecular complexity index is 872. The summed E-state index contributed by atoms with van der Waals surface area (Å²) in [5.74, 6) is -0.940. The van der Waals surface area contributed by atoms with Gasteiger partial charge in [-0.1, -0.05) is 11.6 Å². The summed E-state index contributed by atoms with van der Waals surface area (Å²) >= 11 is 5.51. The Labute approximate surface area is 171 Å². The minimum atomic E-state index is -4.67. The fraction of sp³-hybridized carbons (Fsp3) is 0.333. The number of benzene rings is 1. The highest BCUT2D eigenvalue weighted by molar-refractivity contribution is 6.31. The summed E-state index contributed by atoms with van der Waals surface area (Å²) in [4.78, 5) is 15.9. The third kappa shape index (κ3) is 7.29. The Kier molecular flexibility index (Phi) is 7.40. The van der Waals surface area contributed by atoms with Crippen LogP contribution in [0, 0.1) is 0 Å². The van der Waals surface area contributed by atoms with Gasteiger partial charge in [-0.05, 0) is 37.3 Å². The molecule has 0 fully saturated rings. The zero-order chi connectivity index (χ0) is 22.5. The molecule has 1 atom stereocenters. The molecule has 30 heavy (non-hydrogen) atoms. The van der Waals surface area contributed by atoms with Crippen molar-refractivity contribution in [2.75, 3.05) is 13.2 Å². The van der Waals surface area contributed by atoms with Crippen molar-refractivity contribution in [2.24, 2.45) is 0 Å². The Morgan fingerprint density at radius 1 is 1.10 bits per heavy atom. The Morgan fingerprint density at radius 2 is 1.77 bits per heavy atom. The number of nitrogens with zero attached hydrogens (tertiary/aromatic N) is 1. The summed E-state index contributed by atoms with van der Waals surface area (Å²) in [7, 11) is 0. The molecule has 0 aliphatic carbocycles. The number of hydrogen-bond donors (Lipinski definition) is 1. The number of carbonyl (C=O) groups excluding carboxylic acids is 1. The van der Waals surface area contributed by atoms with E-state index in [1.165, 1.54) is 18.2 Å². The number of nitrogens with one attached hydrogen (secondary N) is 1. The van der Waals surface area contributed by atoms with Crippen molar-refractivity contribution in [3.8, 4) is 11.5 Å². The largest absolute Gasteiger partial charge is 0.484 e. The van der Waals surface area contributed by atoms with Gasteiger partial charge in [0.1, 0.15) is 11.5 Å². The minimum Gasteiger partial charge on any atom is -0.484 e. The molecule has 0 radical (unpaired) electrons. The highest BCUT2D eigenvalue weighted by Gasteiger charge is 2.33. The molecular weight excluding hydrogens is 442 g/mol. The van der Waals surface area contributed by atoms with E-state index in [2.05, 4.69) is 15.0 Å². The molecule has 1 aromatic heterocycles. The normalized spacial score (nSPS) is 12.9. The maximum absolute atomic E-state index is 12.8. The van der Waals surface area contributed by atoms with Crippen LogP contribution in [-0.2, 0) is 11.0 Å². The van der Waals surface area contributed by atoms with Crippen molar-refractivity contribution in [2.45, 2.75) is 25.3 Å². The van der Waals surface area contributed by atoms with Crippen molar-refractivity contribution >= 4 is 17.5 Å². The van der Waals surface area contributed by atoms with E-state index in [-0.39, 0.29) is 11.5 Å². The molecule has 1 heterocycles. The first-order chi connectivity index (χ1) is 13.8. The maximum Gasteiger partial charge on any atom is 0.422 e. The molecule has 164 valence electrons. The van der Waals surface area contributed by atoms with E-state index in [0.717, 1.165) is 12.3 Å². The second-order valence-electron chi connectivity index (χ2n) is 6.04. The summed E-state index contributed by atoms with van der Waals surface area (Å²) in [5.41, 5.74) is -0.763. The van der Waals surface area contributed by atoms with Crippen LogP contribution in [0.4, 0.5) is 26.3 Å². The molecule has 0 saturated heterocycles. The van der Waals surface area contributed by atoms with Gasteiger partial charge >= 0.3 is 12.4 Å². The lowest BCUT2D eigenvalue weighted by molar-refractivity contribution is -0.153. The summed E-state index contributed by atoms with van der Waals surface area (Å²) in [6, 6.07) is 4.86. The summed E-state index contributed by atoms with van der Waals surface area (Å²) in [6.07, 6.45) is -8.08. The van der Waals surface area contributed by atoms with Gasteiger partial charge < -0.3 is 14.8 Å². The topological polar surface area (TPSA) is 60.5 Å². The number of aromatic nitrogens is 1. The number of alkyl halides is 6. The Morgan fingerprint density at radius 3 is 2.33 bits per heavy atom. The van der Waals surface area contributed by atoms with Crippen molar-refractivity contribution in [1.29, 1.82) is 0 Å². The van der Waals surface area contributed by atoms with Crippen LogP contribution in [0.25, 0.3) is 0 Å².